The van der Waals surface area contributed by atoms with E-state index in [0.29, 0.717) is 10.4 Å². The van der Waals surface area contributed by atoms with Crippen LogP contribution in [0.15, 0.2) is 23.1 Å². The second kappa shape index (κ2) is 5.49. The van der Waals surface area contributed by atoms with Crippen LogP contribution in [0.4, 0.5) is 8.78 Å². The zero-order chi connectivity index (χ0) is 15.8. The van der Waals surface area contributed by atoms with Crippen LogP contribution in [0.1, 0.15) is 13.3 Å². The van der Waals surface area contributed by atoms with Crippen LogP contribution < -0.4 is 5.32 Å². The van der Waals surface area contributed by atoms with Crippen molar-refractivity contribution in [2.24, 2.45) is 0 Å². The smallest absolute Gasteiger partial charge is 0.247 e. The highest BCUT2D eigenvalue weighted by molar-refractivity contribution is 7.89. The fourth-order valence-electron chi connectivity index (χ4n) is 2.10. The van der Waals surface area contributed by atoms with Gasteiger partial charge in [-0.1, -0.05) is 6.92 Å². The molecule has 6 nitrogen and oxygen atoms in total. The molecule has 0 bridgehead atoms. The predicted octanol–water partition coefficient (Wildman–Crippen LogP) is 0.391. The topological polar surface area (TPSA) is 83.6 Å². The number of rotatable bonds is 3. The quantitative estimate of drug-likeness (QED) is 0.817. The largest absolute Gasteiger partial charge is 0.294 e. The number of nitrogens with one attached hydrogen (secondary N) is 1. The van der Waals surface area contributed by atoms with Crippen molar-refractivity contribution in [3.63, 3.8) is 0 Å². The van der Waals surface area contributed by atoms with Gasteiger partial charge in [-0.2, -0.15) is 4.31 Å². The molecule has 2 amide bonds. The minimum absolute atomic E-state index is 0.112. The Morgan fingerprint density at radius 2 is 2.00 bits per heavy atom. The highest BCUT2D eigenvalue weighted by atomic mass is 32.2. The number of hydrogen-bond donors (Lipinski definition) is 1. The van der Waals surface area contributed by atoms with Gasteiger partial charge in [0.05, 0.1) is 6.54 Å². The summed E-state index contributed by atoms with van der Waals surface area (Å²) in [6.07, 6.45) is 0.112. The number of nitrogens with zero attached hydrogens (tertiary/aromatic N) is 1. The summed E-state index contributed by atoms with van der Waals surface area (Å²) in [5, 5.41) is 2.02. The maximum Gasteiger partial charge on any atom is 0.247 e. The first kappa shape index (κ1) is 15.5. The molecule has 0 radical (unpaired) electrons. The van der Waals surface area contributed by atoms with Gasteiger partial charge >= 0.3 is 0 Å². The normalized spacial score (nSPS) is 20.4. The first-order valence-electron chi connectivity index (χ1n) is 6.08. The zero-order valence-electron chi connectivity index (χ0n) is 11.0. The van der Waals surface area contributed by atoms with Crippen molar-refractivity contribution < 1.29 is 26.8 Å². The van der Waals surface area contributed by atoms with Crippen molar-refractivity contribution in [1.82, 2.24) is 9.62 Å². The van der Waals surface area contributed by atoms with Crippen LogP contribution in [-0.4, -0.2) is 37.1 Å². The summed E-state index contributed by atoms with van der Waals surface area (Å²) in [6, 6.07) is 0.878. The summed E-state index contributed by atoms with van der Waals surface area (Å²) in [5.74, 6) is -3.76. The molecule has 0 aliphatic carbocycles. The third kappa shape index (κ3) is 2.79. The molecule has 1 aromatic carbocycles. The molecular formula is C12H12F2N2O4S. The Balaban J connectivity index is 2.50. The molecule has 1 aromatic rings. The SMILES string of the molecule is CCC1C(=O)NC(=O)CN1S(=O)(=O)c1ccc(F)cc1F. The van der Waals surface area contributed by atoms with Crippen molar-refractivity contribution >= 4 is 21.8 Å². The molecule has 1 N–H and O–H groups in total. The van der Waals surface area contributed by atoms with Crippen molar-refractivity contribution in [2.45, 2.75) is 24.3 Å². The molecule has 9 heteroatoms. The fourth-order valence-corrected chi connectivity index (χ4v) is 3.76. The molecule has 1 aliphatic rings. The number of amides is 2. The second-order valence-corrected chi connectivity index (χ2v) is 6.32. The Labute approximate surface area is 119 Å². The molecule has 1 aliphatic heterocycles. The van der Waals surface area contributed by atoms with E-state index in [4.69, 9.17) is 0 Å². The van der Waals surface area contributed by atoms with Gasteiger partial charge < -0.3 is 0 Å². The van der Waals surface area contributed by atoms with Gasteiger partial charge in [0.25, 0.3) is 0 Å². The van der Waals surface area contributed by atoms with E-state index in [9.17, 15) is 26.8 Å². The Morgan fingerprint density at radius 1 is 1.33 bits per heavy atom. The maximum absolute atomic E-state index is 13.7. The lowest BCUT2D eigenvalue weighted by molar-refractivity contribution is -0.137. The van der Waals surface area contributed by atoms with Gasteiger partial charge in [0.2, 0.25) is 21.8 Å². The van der Waals surface area contributed by atoms with Gasteiger partial charge in [0.1, 0.15) is 22.6 Å². The Bertz CT molecular complexity index is 705. The standard InChI is InChI=1S/C12H12F2N2O4S/c1-2-9-12(18)15-11(17)6-16(9)21(19,20)10-4-3-7(13)5-8(10)14/h3-5,9H,2,6H2,1H3,(H,15,17,18). The highest BCUT2D eigenvalue weighted by Gasteiger charge is 2.41. The van der Waals surface area contributed by atoms with E-state index in [0.717, 1.165) is 12.1 Å². The lowest BCUT2D eigenvalue weighted by atomic mass is 10.2. The third-order valence-electron chi connectivity index (χ3n) is 3.08. The number of piperazine rings is 1. The van der Waals surface area contributed by atoms with Crippen LogP contribution >= 0.6 is 0 Å². The molecule has 1 atom stereocenters. The zero-order valence-corrected chi connectivity index (χ0v) is 11.8. The number of halogens is 2. The predicted molar refractivity (Wildman–Crippen MR) is 67.5 cm³/mol. The Morgan fingerprint density at radius 3 is 2.57 bits per heavy atom. The summed E-state index contributed by atoms with van der Waals surface area (Å²) < 4.78 is 52.0. The van der Waals surface area contributed by atoms with E-state index in [1.54, 1.807) is 6.92 Å². The Kier molecular flexibility index (Phi) is 4.06. The fraction of sp³-hybridized carbons (Fsp3) is 0.333. The lowest BCUT2D eigenvalue weighted by Crippen LogP contribution is -2.59. The molecular weight excluding hydrogens is 306 g/mol. The van der Waals surface area contributed by atoms with Gasteiger partial charge in [0.15, 0.2) is 0 Å². The van der Waals surface area contributed by atoms with E-state index in [1.165, 1.54) is 0 Å². The van der Waals surface area contributed by atoms with Gasteiger partial charge in [-0.3, -0.25) is 14.9 Å². The minimum atomic E-state index is -4.43. The molecule has 0 saturated carbocycles. The van der Waals surface area contributed by atoms with Crippen LogP contribution in [0.3, 0.4) is 0 Å². The average molecular weight is 318 g/mol. The van der Waals surface area contributed by atoms with Gasteiger partial charge in [-0.05, 0) is 18.6 Å². The van der Waals surface area contributed by atoms with E-state index in [1.807, 2.05) is 5.32 Å². The first-order chi connectivity index (χ1) is 9.77. The van der Waals surface area contributed by atoms with E-state index < -0.39 is 51.0 Å². The number of hydrogen-bond acceptors (Lipinski definition) is 4. The molecule has 0 aromatic heterocycles. The van der Waals surface area contributed by atoms with E-state index >= 15 is 0 Å². The molecule has 1 fully saturated rings. The van der Waals surface area contributed by atoms with Crippen molar-refractivity contribution in [3.05, 3.63) is 29.8 Å². The third-order valence-corrected chi connectivity index (χ3v) is 4.97. The summed E-state index contributed by atoms with van der Waals surface area (Å²) in [5.41, 5.74) is 0. The Hall–Kier alpha value is -1.87. The van der Waals surface area contributed by atoms with Crippen LogP contribution in [0.25, 0.3) is 0 Å². The number of benzene rings is 1. The number of sulfonamides is 1. The molecule has 1 saturated heterocycles. The summed E-state index contributed by atoms with van der Waals surface area (Å²) in [6.45, 7) is 0.965. The molecule has 114 valence electrons. The summed E-state index contributed by atoms with van der Waals surface area (Å²) in [4.78, 5) is 22.3. The average Bonchev–Trinajstić information content (AvgIpc) is 2.37. The monoisotopic (exact) mass is 318 g/mol. The molecule has 0 spiro atoms. The first-order valence-corrected chi connectivity index (χ1v) is 7.52. The van der Waals surface area contributed by atoms with E-state index in [2.05, 4.69) is 0 Å². The van der Waals surface area contributed by atoms with Gasteiger partial charge in [0, 0.05) is 6.07 Å². The molecule has 1 heterocycles. The molecule has 2 rings (SSSR count). The number of imide groups is 1. The summed E-state index contributed by atoms with van der Waals surface area (Å²) >= 11 is 0. The van der Waals surface area contributed by atoms with Crippen LogP contribution in [-0.2, 0) is 19.6 Å². The van der Waals surface area contributed by atoms with E-state index in [-0.39, 0.29) is 6.42 Å². The number of carbonyl (C=O) groups is 2. The minimum Gasteiger partial charge on any atom is -0.294 e. The van der Waals surface area contributed by atoms with Gasteiger partial charge in [-0.25, -0.2) is 17.2 Å². The lowest BCUT2D eigenvalue weighted by Gasteiger charge is -2.32. The molecule has 21 heavy (non-hydrogen) atoms. The second-order valence-electron chi connectivity index (χ2n) is 4.46. The summed E-state index contributed by atoms with van der Waals surface area (Å²) in [7, 11) is -4.43. The maximum atomic E-state index is 13.7. The number of carbonyl (C=O) groups excluding carboxylic acids is 2. The van der Waals surface area contributed by atoms with Gasteiger partial charge in [-0.15, -0.1) is 0 Å². The van der Waals surface area contributed by atoms with Crippen LogP contribution in [0.2, 0.25) is 0 Å². The van der Waals surface area contributed by atoms with Crippen molar-refractivity contribution in [1.29, 1.82) is 0 Å². The van der Waals surface area contributed by atoms with Crippen LogP contribution in [0, 0.1) is 11.6 Å². The van der Waals surface area contributed by atoms with Crippen LogP contribution in [0.5, 0.6) is 0 Å². The highest BCUT2D eigenvalue weighted by Crippen LogP contribution is 2.24. The van der Waals surface area contributed by atoms with Crippen molar-refractivity contribution in [3.8, 4) is 0 Å². The van der Waals surface area contributed by atoms with Crippen molar-refractivity contribution in [2.75, 3.05) is 6.54 Å². The molecule has 1 unspecified atom stereocenters.